The molecule has 0 aromatic heterocycles. The third kappa shape index (κ3) is 5.61. The van der Waals surface area contributed by atoms with Crippen molar-refractivity contribution in [3.8, 4) is 5.75 Å². The van der Waals surface area contributed by atoms with Gasteiger partial charge in [-0.25, -0.2) is 14.5 Å². The highest BCUT2D eigenvalue weighted by Gasteiger charge is 2.31. The number of hydrogen-bond donors (Lipinski definition) is 3. The van der Waals surface area contributed by atoms with Crippen LogP contribution in [-0.2, 0) is 11.2 Å². The van der Waals surface area contributed by atoms with Crippen LogP contribution < -0.4 is 0 Å². The fraction of sp³-hybridized carbons (Fsp3) is 0.529. The molecule has 2 unspecified atom stereocenters. The molecule has 8 heteroatoms. The first kappa shape index (κ1) is 19.0. The van der Waals surface area contributed by atoms with Crippen LogP contribution in [0, 0.1) is 5.92 Å². The van der Waals surface area contributed by atoms with Crippen molar-refractivity contribution in [1.82, 2.24) is 9.80 Å². The van der Waals surface area contributed by atoms with Crippen molar-refractivity contribution in [1.29, 1.82) is 0 Å². The Morgan fingerprint density at radius 3 is 2.56 bits per heavy atom. The highest BCUT2D eigenvalue weighted by molar-refractivity contribution is 5.90. The van der Waals surface area contributed by atoms with Crippen LogP contribution >= 0.6 is 0 Å². The summed E-state index contributed by atoms with van der Waals surface area (Å²) < 4.78 is 4.86. The minimum absolute atomic E-state index is 0.0288. The molecule has 0 spiro atoms. The molecule has 2 atom stereocenters. The second kappa shape index (κ2) is 8.68. The Labute approximate surface area is 146 Å². The number of benzene rings is 1. The van der Waals surface area contributed by atoms with E-state index in [9.17, 15) is 24.9 Å². The predicted molar refractivity (Wildman–Crippen MR) is 89.0 cm³/mol. The number of amides is 3. The topological polar surface area (TPSA) is 111 Å². The van der Waals surface area contributed by atoms with Gasteiger partial charge in [0.25, 0.3) is 0 Å². The van der Waals surface area contributed by atoms with Crippen molar-refractivity contribution < 1.29 is 29.6 Å². The van der Waals surface area contributed by atoms with E-state index in [2.05, 4.69) is 0 Å². The Hall–Kier alpha value is -2.32. The highest BCUT2D eigenvalue weighted by Crippen LogP contribution is 2.17. The number of aromatic hydroxyl groups is 1. The molecule has 3 N–H and O–H groups in total. The molecule has 0 saturated carbocycles. The fourth-order valence-electron chi connectivity index (χ4n) is 2.62. The summed E-state index contributed by atoms with van der Waals surface area (Å²) in [5, 5.41) is 27.8. The summed E-state index contributed by atoms with van der Waals surface area (Å²) in [5.74, 6) is 0.451. The minimum Gasteiger partial charge on any atom is -0.508 e. The predicted octanol–water partition coefficient (Wildman–Crippen LogP) is 2.06. The Morgan fingerprint density at radius 2 is 2.00 bits per heavy atom. The van der Waals surface area contributed by atoms with Crippen LogP contribution in [-0.4, -0.2) is 63.4 Å². The van der Waals surface area contributed by atoms with Gasteiger partial charge >= 0.3 is 12.1 Å². The molecular weight excluding hydrogens is 328 g/mol. The second-order valence-electron chi connectivity index (χ2n) is 6.29. The van der Waals surface area contributed by atoms with Crippen molar-refractivity contribution >= 4 is 12.1 Å². The van der Waals surface area contributed by atoms with Gasteiger partial charge in [-0.1, -0.05) is 19.1 Å². The number of hydrogen-bond acceptors (Lipinski definition) is 5. The number of carbonyl (C=O) groups is 2. The molecule has 25 heavy (non-hydrogen) atoms. The number of rotatable bonds is 6. The standard InChI is InChI=1S/C17H24N2O6/c1-12(2-3-13-4-6-14(20)7-5-13)8-9-19(17(23)24)16(22)18-10-15(21)25-11-18/h4-7,12,15,20-21H,2-3,8-11H2,1H3,(H,23,24). The van der Waals surface area contributed by atoms with Gasteiger partial charge in [0.1, 0.15) is 12.5 Å². The first-order valence-corrected chi connectivity index (χ1v) is 8.23. The quantitative estimate of drug-likeness (QED) is 0.723. The molecular formula is C17H24N2O6. The number of nitrogens with zero attached hydrogens (tertiary/aromatic N) is 2. The molecule has 2 rings (SSSR count). The van der Waals surface area contributed by atoms with Gasteiger partial charge in [0, 0.05) is 6.54 Å². The number of phenols is 1. The van der Waals surface area contributed by atoms with Crippen molar-refractivity contribution in [2.75, 3.05) is 19.8 Å². The summed E-state index contributed by atoms with van der Waals surface area (Å²) >= 11 is 0. The summed E-state index contributed by atoms with van der Waals surface area (Å²) in [5.41, 5.74) is 1.10. The van der Waals surface area contributed by atoms with Crippen LogP contribution in [0.1, 0.15) is 25.3 Å². The fourth-order valence-corrected chi connectivity index (χ4v) is 2.62. The first-order valence-electron chi connectivity index (χ1n) is 8.23. The van der Waals surface area contributed by atoms with Crippen molar-refractivity contribution in [2.24, 2.45) is 5.92 Å². The maximum absolute atomic E-state index is 12.2. The van der Waals surface area contributed by atoms with E-state index in [1.54, 1.807) is 12.1 Å². The Morgan fingerprint density at radius 1 is 1.32 bits per heavy atom. The van der Waals surface area contributed by atoms with Crippen molar-refractivity contribution in [3.63, 3.8) is 0 Å². The smallest absolute Gasteiger partial charge is 0.415 e. The molecule has 8 nitrogen and oxygen atoms in total. The van der Waals surface area contributed by atoms with E-state index >= 15 is 0 Å². The zero-order valence-corrected chi connectivity index (χ0v) is 14.2. The number of aliphatic hydroxyl groups excluding tert-OH is 1. The Balaban J connectivity index is 1.80. The average Bonchev–Trinajstić information content (AvgIpc) is 3.00. The molecule has 1 fully saturated rings. The van der Waals surface area contributed by atoms with E-state index in [1.807, 2.05) is 19.1 Å². The molecule has 0 bridgehead atoms. The number of urea groups is 1. The van der Waals surface area contributed by atoms with Gasteiger partial charge in [-0.3, -0.25) is 4.90 Å². The monoisotopic (exact) mass is 352 g/mol. The second-order valence-corrected chi connectivity index (χ2v) is 6.29. The van der Waals surface area contributed by atoms with Gasteiger partial charge in [0.2, 0.25) is 0 Å². The summed E-state index contributed by atoms with van der Waals surface area (Å²) in [6.07, 6.45) is -0.166. The van der Waals surface area contributed by atoms with Crippen molar-refractivity contribution in [2.45, 2.75) is 32.5 Å². The molecule has 1 aromatic carbocycles. The van der Waals surface area contributed by atoms with Crippen LogP contribution in [0.15, 0.2) is 24.3 Å². The number of ether oxygens (including phenoxy) is 1. The molecule has 0 aliphatic carbocycles. The number of aryl methyl sites for hydroxylation is 1. The van der Waals surface area contributed by atoms with Gasteiger partial charge < -0.3 is 20.1 Å². The lowest BCUT2D eigenvalue weighted by Gasteiger charge is -2.24. The van der Waals surface area contributed by atoms with Crippen LogP contribution in [0.25, 0.3) is 0 Å². The molecule has 0 radical (unpaired) electrons. The van der Waals surface area contributed by atoms with E-state index in [0.717, 1.165) is 23.3 Å². The first-order chi connectivity index (χ1) is 11.9. The number of aliphatic hydroxyl groups is 1. The zero-order chi connectivity index (χ0) is 18.4. The number of β-amino-alcohol motifs (C(OH)–C–C–N with tert-alkyl or cyclic N) is 1. The van der Waals surface area contributed by atoms with Gasteiger partial charge in [0.15, 0.2) is 6.29 Å². The van der Waals surface area contributed by atoms with E-state index in [-0.39, 0.29) is 31.5 Å². The largest absolute Gasteiger partial charge is 0.508 e. The SMILES string of the molecule is CC(CCc1ccc(O)cc1)CCN(C(=O)O)C(=O)N1COC(O)C1. The zero-order valence-electron chi connectivity index (χ0n) is 14.2. The number of phenolic OH excluding ortho intramolecular Hbond substituents is 1. The van der Waals surface area contributed by atoms with Crippen LogP contribution in [0.2, 0.25) is 0 Å². The lowest BCUT2D eigenvalue weighted by atomic mass is 9.98. The third-order valence-corrected chi connectivity index (χ3v) is 4.24. The van der Waals surface area contributed by atoms with Gasteiger partial charge in [-0.05, 0) is 42.9 Å². The molecule has 1 aromatic rings. The normalized spacial score (nSPS) is 18.2. The van der Waals surface area contributed by atoms with Crippen LogP contribution in [0.5, 0.6) is 5.75 Å². The Bertz CT molecular complexity index is 591. The number of carbonyl (C=O) groups excluding carboxylic acids is 1. The molecule has 1 aliphatic heterocycles. The van der Waals surface area contributed by atoms with Gasteiger partial charge in [0.05, 0.1) is 6.54 Å². The average molecular weight is 352 g/mol. The van der Waals surface area contributed by atoms with E-state index in [1.165, 1.54) is 4.90 Å². The van der Waals surface area contributed by atoms with Gasteiger partial charge in [-0.15, -0.1) is 0 Å². The molecule has 138 valence electrons. The maximum atomic E-state index is 12.2. The number of carboxylic acid groups (broad SMARTS) is 1. The molecule has 1 aliphatic rings. The third-order valence-electron chi connectivity index (χ3n) is 4.24. The maximum Gasteiger partial charge on any atom is 0.415 e. The van der Waals surface area contributed by atoms with E-state index in [0.29, 0.717) is 6.42 Å². The summed E-state index contributed by atoms with van der Waals surface area (Å²) in [6.45, 7) is 1.96. The summed E-state index contributed by atoms with van der Waals surface area (Å²) in [7, 11) is 0. The van der Waals surface area contributed by atoms with Crippen molar-refractivity contribution in [3.05, 3.63) is 29.8 Å². The number of imide groups is 1. The summed E-state index contributed by atoms with van der Waals surface area (Å²) in [4.78, 5) is 25.5. The molecule has 1 saturated heterocycles. The molecule has 1 heterocycles. The van der Waals surface area contributed by atoms with E-state index in [4.69, 9.17) is 4.74 Å². The molecule has 3 amide bonds. The van der Waals surface area contributed by atoms with Gasteiger partial charge in [-0.2, -0.15) is 0 Å². The van der Waals surface area contributed by atoms with E-state index < -0.39 is 18.4 Å². The highest BCUT2D eigenvalue weighted by atomic mass is 16.6. The Kier molecular flexibility index (Phi) is 6.60. The lowest BCUT2D eigenvalue weighted by molar-refractivity contribution is -0.0534. The minimum atomic E-state index is -1.31. The lowest BCUT2D eigenvalue weighted by Crippen LogP contribution is -2.45. The van der Waals surface area contributed by atoms with Crippen LogP contribution in [0.3, 0.4) is 0 Å². The summed E-state index contributed by atoms with van der Waals surface area (Å²) in [6, 6.07) is 6.31. The van der Waals surface area contributed by atoms with Crippen LogP contribution in [0.4, 0.5) is 9.59 Å².